The fourth-order valence-electron chi connectivity index (χ4n) is 1.75. The topological polar surface area (TPSA) is 58.0 Å². The fraction of sp³-hybridized carbons (Fsp3) is 0. The van der Waals surface area contributed by atoms with Gasteiger partial charge in [-0.25, -0.2) is 0 Å². The molecule has 3 aromatic rings. The van der Waals surface area contributed by atoms with Crippen LogP contribution in [-0.2, 0) is 0 Å². The SMILES string of the molecule is O=C(Nc1cc(Cl)ccc1Cl)c1cc2occc2[nH]1. The number of anilines is 1. The zero-order valence-corrected chi connectivity index (χ0v) is 11.0. The standard InChI is InChI=1S/C13H8Cl2N2O2/c14-7-1-2-8(15)10(5-7)17-13(18)11-6-12-9(16-11)3-4-19-12/h1-6,16H,(H,17,18). The smallest absolute Gasteiger partial charge is 0.272 e. The molecular weight excluding hydrogens is 287 g/mol. The van der Waals surface area contributed by atoms with Crippen molar-refractivity contribution >= 4 is 45.9 Å². The zero-order valence-electron chi connectivity index (χ0n) is 9.54. The third-order valence-corrected chi connectivity index (χ3v) is 3.23. The van der Waals surface area contributed by atoms with Crippen LogP contribution >= 0.6 is 23.2 Å². The van der Waals surface area contributed by atoms with Crippen molar-refractivity contribution in [3.63, 3.8) is 0 Å². The number of furan rings is 1. The first kappa shape index (κ1) is 12.1. The van der Waals surface area contributed by atoms with Crippen molar-refractivity contribution in [2.75, 3.05) is 5.32 Å². The van der Waals surface area contributed by atoms with E-state index in [1.54, 1.807) is 36.6 Å². The molecule has 2 aromatic heterocycles. The number of nitrogens with one attached hydrogen (secondary N) is 2. The highest BCUT2D eigenvalue weighted by Crippen LogP contribution is 2.26. The Labute approximate surface area is 118 Å². The lowest BCUT2D eigenvalue weighted by atomic mass is 10.3. The number of H-pyrrole nitrogens is 1. The predicted molar refractivity (Wildman–Crippen MR) is 75.0 cm³/mol. The summed E-state index contributed by atoms with van der Waals surface area (Å²) in [6.07, 6.45) is 1.55. The quantitative estimate of drug-likeness (QED) is 0.739. The van der Waals surface area contributed by atoms with E-state index in [2.05, 4.69) is 10.3 Å². The van der Waals surface area contributed by atoms with E-state index in [-0.39, 0.29) is 5.91 Å². The van der Waals surface area contributed by atoms with Gasteiger partial charge in [-0.15, -0.1) is 0 Å². The molecule has 0 radical (unpaired) electrons. The number of hydrogen-bond acceptors (Lipinski definition) is 2. The number of fused-ring (bicyclic) bond motifs is 1. The fourth-order valence-corrected chi connectivity index (χ4v) is 2.09. The summed E-state index contributed by atoms with van der Waals surface area (Å²) in [6, 6.07) is 8.25. The van der Waals surface area contributed by atoms with Crippen LogP contribution in [0.25, 0.3) is 11.1 Å². The Hall–Kier alpha value is -1.91. The molecule has 3 rings (SSSR count). The Balaban J connectivity index is 1.88. The number of amides is 1. The molecule has 1 amide bonds. The number of halogens is 2. The molecule has 0 fully saturated rings. The lowest BCUT2D eigenvalue weighted by molar-refractivity contribution is 0.102. The van der Waals surface area contributed by atoms with E-state index < -0.39 is 0 Å². The van der Waals surface area contributed by atoms with E-state index >= 15 is 0 Å². The van der Waals surface area contributed by atoms with Crippen molar-refractivity contribution in [2.45, 2.75) is 0 Å². The zero-order chi connectivity index (χ0) is 13.4. The van der Waals surface area contributed by atoms with Crippen molar-refractivity contribution in [2.24, 2.45) is 0 Å². The van der Waals surface area contributed by atoms with Crippen LogP contribution in [0, 0.1) is 0 Å². The largest absolute Gasteiger partial charge is 0.463 e. The molecule has 0 aliphatic rings. The number of aromatic amines is 1. The summed E-state index contributed by atoms with van der Waals surface area (Å²) in [6.45, 7) is 0. The predicted octanol–water partition coefficient (Wildman–Crippen LogP) is 4.32. The first-order chi connectivity index (χ1) is 9.13. The third-order valence-electron chi connectivity index (χ3n) is 2.66. The van der Waals surface area contributed by atoms with Gasteiger partial charge in [-0.1, -0.05) is 23.2 Å². The second-order valence-electron chi connectivity index (χ2n) is 3.96. The van der Waals surface area contributed by atoms with Crippen molar-refractivity contribution < 1.29 is 9.21 Å². The van der Waals surface area contributed by atoms with E-state index in [0.717, 1.165) is 5.52 Å². The molecule has 2 heterocycles. The van der Waals surface area contributed by atoms with Crippen LogP contribution in [-0.4, -0.2) is 10.9 Å². The molecule has 0 aliphatic carbocycles. The molecule has 1 aromatic carbocycles. The van der Waals surface area contributed by atoms with Crippen molar-refractivity contribution in [1.29, 1.82) is 0 Å². The van der Waals surface area contributed by atoms with E-state index in [0.29, 0.717) is 27.0 Å². The van der Waals surface area contributed by atoms with Crippen LogP contribution in [0.15, 0.2) is 41.0 Å². The summed E-state index contributed by atoms with van der Waals surface area (Å²) in [5, 5.41) is 3.61. The maximum absolute atomic E-state index is 12.1. The summed E-state index contributed by atoms with van der Waals surface area (Å²) in [7, 11) is 0. The molecule has 96 valence electrons. The minimum atomic E-state index is -0.310. The number of rotatable bonds is 2. The molecular formula is C13H8Cl2N2O2. The summed E-state index contributed by atoms with van der Waals surface area (Å²) >= 11 is 11.8. The van der Waals surface area contributed by atoms with Crippen LogP contribution in [0.5, 0.6) is 0 Å². The maximum Gasteiger partial charge on any atom is 0.272 e. The van der Waals surface area contributed by atoms with Crippen molar-refractivity contribution in [3.05, 3.63) is 52.3 Å². The summed E-state index contributed by atoms with van der Waals surface area (Å²) in [5.41, 5.74) is 2.25. The van der Waals surface area contributed by atoms with Gasteiger partial charge in [0.25, 0.3) is 5.91 Å². The van der Waals surface area contributed by atoms with Crippen LogP contribution < -0.4 is 5.32 Å². The molecule has 0 aliphatic heterocycles. The van der Waals surface area contributed by atoms with Crippen LogP contribution in [0.2, 0.25) is 10.0 Å². The van der Waals surface area contributed by atoms with E-state index in [1.807, 2.05) is 0 Å². The van der Waals surface area contributed by atoms with E-state index in [4.69, 9.17) is 27.6 Å². The second kappa shape index (κ2) is 4.64. The number of hydrogen-bond donors (Lipinski definition) is 2. The Bertz CT molecular complexity index is 732. The third kappa shape index (κ3) is 2.32. The summed E-state index contributed by atoms with van der Waals surface area (Å²) < 4.78 is 5.18. The highest BCUT2D eigenvalue weighted by molar-refractivity contribution is 6.35. The van der Waals surface area contributed by atoms with Gasteiger partial charge in [0.1, 0.15) is 5.69 Å². The average molecular weight is 295 g/mol. The van der Waals surface area contributed by atoms with Gasteiger partial charge in [0.15, 0.2) is 5.58 Å². The van der Waals surface area contributed by atoms with Crippen LogP contribution in [0.3, 0.4) is 0 Å². The summed E-state index contributed by atoms with van der Waals surface area (Å²) in [4.78, 5) is 15.0. The number of aromatic nitrogens is 1. The molecule has 19 heavy (non-hydrogen) atoms. The molecule has 0 saturated carbocycles. The number of carbonyl (C=O) groups excluding carboxylic acids is 1. The number of carbonyl (C=O) groups is 1. The Morgan fingerprint density at radius 1 is 1.21 bits per heavy atom. The molecule has 6 heteroatoms. The highest BCUT2D eigenvalue weighted by atomic mass is 35.5. The molecule has 0 bridgehead atoms. The van der Waals surface area contributed by atoms with Gasteiger partial charge in [-0.05, 0) is 18.2 Å². The van der Waals surface area contributed by atoms with Gasteiger partial charge < -0.3 is 14.7 Å². The van der Waals surface area contributed by atoms with Crippen LogP contribution in [0.1, 0.15) is 10.5 Å². The maximum atomic E-state index is 12.1. The minimum Gasteiger partial charge on any atom is -0.463 e. The van der Waals surface area contributed by atoms with Gasteiger partial charge in [0, 0.05) is 17.2 Å². The minimum absolute atomic E-state index is 0.310. The lowest BCUT2D eigenvalue weighted by Crippen LogP contribution is -2.12. The van der Waals surface area contributed by atoms with E-state index in [1.165, 1.54) is 0 Å². The first-order valence-electron chi connectivity index (χ1n) is 5.46. The van der Waals surface area contributed by atoms with Crippen LogP contribution in [0.4, 0.5) is 5.69 Å². The average Bonchev–Trinajstić information content (AvgIpc) is 2.94. The van der Waals surface area contributed by atoms with E-state index in [9.17, 15) is 4.79 Å². The van der Waals surface area contributed by atoms with Gasteiger partial charge >= 0.3 is 0 Å². The molecule has 0 saturated heterocycles. The first-order valence-corrected chi connectivity index (χ1v) is 6.22. The van der Waals surface area contributed by atoms with Gasteiger partial charge in [0.2, 0.25) is 0 Å². The second-order valence-corrected chi connectivity index (χ2v) is 4.80. The van der Waals surface area contributed by atoms with Gasteiger partial charge in [0.05, 0.1) is 22.5 Å². The lowest BCUT2D eigenvalue weighted by Gasteiger charge is -2.06. The van der Waals surface area contributed by atoms with Gasteiger partial charge in [-0.3, -0.25) is 4.79 Å². The molecule has 2 N–H and O–H groups in total. The van der Waals surface area contributed by atoms with Crippen molar-refractivity contribution in [1.82, 2.24) is 4.98 Å². The molecule has 0 unspecified atom stereocenters. The van der Waals surface area contributed by atoms with Gasteiger partial charge in [-0.2, -0.15) is 0 Å². The molecule has 0 spiro atoms. The Morgan fingerprint density at radius 2 is 2.05 bits per heavy atom. The Morgan fingerprint density at radius 3 is 2.84 bits per heavy atom. The number of benzene rings is 1. The Kier molecular flexibility index (Phi) is 2.97. The highest BCUT2D eigenvalue weighted by Gasteiger charge is 2.13. The normalized spacial score (nSPS) is 10.8. The van der Waals surface area contributed by atoms with Crippen molar-refractivity contribution in [3.8, 4) is 0 Å². The monoisotopic (exact) mass is 294 g/mol. The summed E-state index contributed by atoms with van der Waals surface area (Å²) in [5.74, 6) is -0.310. The molecule has 0 atom stereocenters. The molecule has 4 nitrogen and oxygen atoms in total.